The Bertz CT molecular complexity index is 519. The summed E-state index contributed by atoms with van der Waals surface area (Å²) in [6.07, 6.45) is 1.87. The highest BCUT2D eigenvalue weighted by Gasteiger charge is 2.33. The fraction of sp³-hybridized carbons (Fsp3) is 0.650. The zero-order valence-electron chi connectivity index (χ0n) is 15.6. The van der Waals surface area contributed by atoms with Crippen LogP contribution < -0.4 is 11.1 Å². The first-order valence-electron chi connectivity index (χ1n) is 9.10. The average Bonchev–Trinajstić information content (AvgIpc) is 2.52. The van der Waals surface area contributed by atoms with Gasteiger partial charge in [0, 0.05) is 25.2 Å². The molecule has 2 rings (SSSR count). The maximum Gasteiger partial charge on any atom is 0.237 e. The van der Waals surface area contributed by atoms with E-state index in [4.69, 9.17) is 5.73 Å². The zero-order chi connectivity index (χ0) is 17.7. The third-order valence-electron chi connectivity index (χ3n) is 5.06. The number of carbonyl (C=O) groups excluding carboxylic acids is 1. The summed E-state index contributed by atoms with van der Waals surface area (Å²) in [5.41, 5.74) is 7.12. The van der Waals surface area contributed by atoms with E-state index in [-0.39, 0.29) is 11.4 Å². The van der Waals surface area contributed by atoms with Gasteiger partial charge in [0.05, 0.1) is 6.04 Å². The van der Waals surface area contributed by atoms with Crippen molar-refractivity contribution >= 4 is 5.91 Å². The Kier molecular flexibility index (Phi) is 6.41. The van der Waals surface area contributed by atoms with Crippen LogP contribution in [0.15, 0.2) is 30.3 Å². The molecule has 0 aliphatic carbocycles. The molecule has 1 amide bonds. The molecule has 0 spiro atoms. The summed E-state index contributed by atoms with van der Waals surface area (Å²) in [4.78, 5) is 14.9. The first-order chi connectivity index (χ1) is 11.3. The van der Waals surface area contributed by atoms with E-state index in [1.165, 1.54) is 6.42 Å². The van der Waals surface area contributed by atoms with Crippen molar-refractivity contribution in [1.82, 2.24) is 10.2 Å². The van der Waals surface area contributed by atoms with Crippen molar-refractivity contribution in [2.24, 2.45) is 17.6 Å². The van der Waals surface area contributed by atoms with Gasteiger partial charge in [0.2, 0.25) is 5.91 Å². The second kappa shape index (κ2) is 8.13. The third-order valence-corrected chi connectivity index (χ3v) is 5.06. The maximum absolute atomic E-state index is 12.4. The quantitative estimate of drug-likeness (QED) is 0.842. The van der Waals surface area contributed by atoms with Crippen molar-refractivity contribution in [1.29, 1.82) is 0 Å². The molecule has 3 N–H and O–H groups in total. The molecular formula is C20H33N3O. The van der Waals surface area contributed by atoms with E-state index < -0.39 is 6.04 Å². The summed E-state index contributed by atoms with van der Waals surface area (Å²) in [6.45, 7) is 11.9. The summed E-state index contributed by atoms with van der Waals surface area (Å²) in [5.74, 6) is 1.36. The summed E-state index contributed by atoms with van der Waals surface area (Å²) in [7, 11) is 0. The van der Waals surface area contributed by atoms with Crippen LogP contribution in [0, 0.1) is 11.8 Å². The van der Waals surface area contributed by atoms with Gasteiger partial charge >= 0.3 is 0 Å². The van der Waals surface area contributed by atoms with E-state index in [1.807, 2.05) is 30.3 Å². The smallest absolute Gasteiger partial charge is 0.237 e. The molecule has 0 aromatic heterocycles. The Hall–Kier alpha value is -1.39. The van der Waals surface area contributed by atoms with E-state index in [9.17, 15) is 4.79 Å². The summed E-state index contributed by atoms with van der Waals surface area (Å²) < 4.78 is 0. The van der Waals surface area contributed by atoms with Gasteiger partial charge in [0.1, 0.15) is 0 Å². The molecule has 4 heteroatoms. The Balaban J connectivity index is 1.85. The highest BCUT2D eigenvalue weighted by Crippen LogP contribution is 2.26. The number of carbonyl (C=O) groups is 1. The van der Waals surface area contributed by atoms with Gasteiger partial charge in [-0.15, -0.1) is 0 Å². The van der Waals surface area contributed by atoms with Crippen LogP contribution in [0.5, 0.6) is 0 Å². The van der Waals surface area contributed by atoms with Gasteiger partial charge in [-0.1, -0.05) is 44.2 Å². The number of amides is 1. The molecule has 1 aliphatic rings. The van der Waals surface area contributed by atoms with Gasteiger partial charge in [-0.05, 0) is 44.1 Å². The molecule has 1 fully saturated rings. The Labute approximate surface area is 146 Å². The van der Waals surface area contributed by atoms with E-state index in [2.05, 4.69) is 37.9 Å². The lowest BCUT2D eigenvalue weighted by Gasteiger charge is -2.45. The molecule has 24 heavy (non-hydrogen) atoms. The van der Waals surface area contributed by atoms with Gasteiger partial charge in [0.15, 0.2) is 0 Å². The van der Waals surface area contributed by atoms with Crippen LogP contribution in [0.4, 0.5) is 0 Å². The number of likely N-dealkylation sites (tertiary alicyclic amines) is 1. The van der Waals surface area contributed by atoms with Gasteiger partial charge in [-0.3, -0.25) is 9.69 Å². The van der Waals surface area contributed by atoms with Crippen LogP contribution in [0.3, 0.4) is 0 Å². The number of benzene rings is 1. The molecule has 134 valence electrons. The predicted octanol–water partition coefficient (Wildman–Crippen LogP) is 2.43. The van der Waals surface area contributed by atoms with Gasteiger partial charge in [0.25, 0.3) is 0 Å². The van der Waals surface area contributed by atoms with Crippen LogP contribution in [-0.2, 0) is 11.2 Å². The van der Waals surface area contributed by atoms with Gasteiger partial charge in [-0.25, -0.2) is 0 Å². The largest absolute Gasteiger partial charge is 0.353 e. The molecule has 0 radical (unpaired) electrons. The average molecular weight is 332 g/mol. The van der Waals surface area contributed by atoms with E-state index in [1.54, 1.807) is 0 Å². The molecule has 0 bridgehead atoms. The van der Waals surface area contributed by atoms with Crippen molar-refractivity contribution in [3.63, 3.8) is 0 Å². The van der Waals surface area contributed by atoms with Crippen molar-refractivity contribution in [3.8, 4) is 0 Å². The van der Waals surface area contributed by atoms with Crippen LogP contribution in [-0.4, -0.2) is 42.0 Å². The topological polar surface area (TPSA) is 58.4 Å². The normalized spacial score (nSPS) is 23.7. The standard InChI is InChI=1S/C20H33N3O/c1-15-10-16(2)13-23(12-15)20(3,4)14-22-19(24)18(21)11-17-8-6-5-7-9-17/h5-9,15-16,18H,10-14,21H2,1-4H3,(H,22,24). The maximum atomic E-state index is 12.4. The minimum atomic E-state index is -0.498. The Morgan fingerprint density at radius 1 is 1.25 bits per heavy atom. The Morgan fingerprint density at radius 2 is 1.83 bits per heavy atom. The summed E-state index contributed by atoms with van der Waals surface area (Å²) in [5, 5.41) is 3.06. The molecule has 1 aliphatic heterocycles. The van der Waals surface area contributed by atoms with Crippen molar-refractivity contribution in [2.75, 3.05) is 19.6 Å². The molecule has 4 nitrogen and oxygen atoms in total. The van der Waals surface area contributed by atoms with Crippen molar-refractivity contribution in [3.05, 3.63) is 35.9 Å². The number of piperidine rings is 1. The first-order valence-corrected chi connectivity index (χ1v) is 9.10. The zero-order valence-corrected chi connectivity index (χ0v) is 15.6. The van der Waals surface area contributed by atoms with Crippen LogP contribution in [0.25, 0.3) is 0 Å². The first kappa shape index (κ1) is 18.9. The fourth-order valence-electron chi connectivity index (χ4n) is 3.66. The SMILES string of the molecule is CC1CC(C)CN(C(C)(C)CNC(=O)C(N)Cc2ccccc2)C1. The minimum Gasteiger partial charge on any atom is -0.353 e. The van der Waals surface area contributed by atoms with Crippen LogP contribution in [0.1, 0.15) is 39.7 Å². The van der Waals surface area contributed by atoms with Crippen LogP contribution in [0.2, 0.25) is 0 Å². The lowest BCUT2D eigenvalue weighted by atomic mass is 9.88. The highest BCUT2D eigenvalue weighted by atomic mass is 16.2. The molecular weight excluding hydrogens is 298 g/mol. The Morgan fingerprint density at radius 3 is 2.42 bits per heavy atom. The number of rotatable bonds is 6. The lowest BCUT2D eigenvalue weighted by molar-refractivity contribution is -0.123. The molecule has 1 aromatic carbocycles. The van der Waals surface area contributed by atoms with Crippen molar-refractivity contribution < 1.29 is 4.79 Å². The highest BCUT2D eigenvalue weighted by molar-refractivity contribution is 5.81. The van der Waals surface area contributed by atoms with E-state index >= 15 is 0 Å². The number of nitrogens with zero attached hydrogens (tertiary/aromatic N) is 1. The number of hydrogen-bond acceptors (Lipinski definition) is 3. The summed E-state index contributed by atoms with van der Waals surface area (Å²) >= 11 is 0. The van der Waals surface area contributed by atoms with Crippen LogP contribution >= 0.6 is 0 Å². The fourth-order valence-corrected chi connectivity index (χ4v) is 3.66. The monoisotopic (exact) mass is 331 g/mol. The molecule has 1 heterocycles. The minimum absolute atomic E-state index is 0.0505. The van der Waals surface area contributed by atoms with Gasteiger partial charge < -0.3 is 11.1 Å². The summed E-state index contributed by atoms with van der Waals surface area (Å²) in [6, 6.07) is 9.44. The second-order valence-electron chi connectivity index (χ2n) is 8.18. The number of nitrogens with two attached hydrogens (primary N) is 1. The molecule has 1 aromatic rings. The second-order valence-corrected chi connectivity index (χ2v) is 8.18. The van der Waals surface area contributed by atoms with E-state index in [0.29, 0.717) is 24.8 Å². The molecule has 1 saturated heterocycles. The van der Waals surface area contributed by atoms with Crippen molar-refractivity contribution in [2.45, 2.75) is 52.1 Å². The predicted molar refractivity (Wildman–Crippen MR) is 99.7 cm³/mol. The molecule has 3 atom stereocenters. The number of hydrogen-bond donors (Lipinski definition) is 2. The lowest BCUT2D eigenvalue weighted by Crippen LogP contribution is -2.57. The molecule has 0 saturated carbocycles. The van der Waals surface area contributed by atoms with E-state index in [0.717, 1.165) is 18.7 Å². The molecule has 3 unspecified atom stereocenters. The van der Waals surface area contributed by atoms with Gasteiger partial charge in [-0.2, -0.15) is 0 Å². The number of nitrogens with one attached hydrogen (secondary N) is 1. The third kappa shape index (κ3) is 5.32.